The molecule has 102 valence electrons. The Bertz CT molecular complexity index is 672. The van der Waals surface area contributed by atoms with E-state index in [0.29, 0.717) is 16.8 Å². The second-order valence-electron chi connectivity index (χ2n) is 5.40. The molecule has 1 aromatic carbocycles. The fourth-order valence-corrected chi connectivity index (χ4v) is 1.87. The number of benzene rings is 1. The molecule has 0 aliphatic heterocycles. The first-order valence-electron chi connectivity index (χ1n) is 6.32. The molecule has 0 fully saturated rings. The van der Waals surface area contributed by atoms with Crippen LogP contribution in [0.25, 0.3) is 11.3 Å². The van der Waals surface area contributed by atoms with Crippen LogP contribution in [-0.4, -0.2) is 16.3 Å². The summed E-state index contributed by atoms with van der Waals surface area (Å²) in [6.07, 6.45) is 1.18. The number of nitriles is 1. The van der Waals surface area contributed by atoms with Crippen LogP contribution in [0.5, 0.6) is 0 Å². The van der Waals surface area contributed by atoms with Gasteiger partial charge in [-0.05, 0) is 39.0 Å². The van der Waals surface area contributed by atoms with Crippen LogP contribution in [0.2, 0.25) is 0 Å². The van der Waals surface area contributed by atoms with Crippen LogP contribution in [-0.2, 0) is 4.74 Å². The van der Waals surface area contributed by atoms with Gasteiger partial charge in [0.15, 0.2) is 0 Å². The molecule has 0 aliphatic carbocycles. The van der Waals surface area contributed by atoms with Crippen LogP contribution in [0, 0.1) is 11.3 Å². The van der Waals surface area contributed by atoms with Crippen molar-refractivity contribution in [2.45, 2.75) is 26.4 Å². The number of aromatic nitrogens is 1. The smallest absolute Gasteiger partial charge is 0.418 e. The predicted molar refractivity (Wildman–Crippen MR) is 76.2 cm³/mol. The Labute approximate surface area is 118 Å². The van der Waals surface area contributed by atoms with Gasteiger partial charge in [0.2, 0.25) is 0 Å². The SMILES string of the molecule is CC(C)(C)OC(=O)n1cccc1-c1ccccc1C#N. The number of rotatable bonds is 1. The van der Waals surface area contributed by atoms with Gasteiger partial charge in [-0.25, -0.2) is 4.79 Å². The minimum atomic E-state index is -0.562. The second kappa shape index (κ2) is 5.22. The van der Waals surface area contributed by atoms with Gasteiger partial charge in [-0.1, -0.05) is 18.2 Å². The third-order valence-electron chi connectivity index (χ3n) is 2.66. The van der Waals surface area contributed by atoms with E-state index in [0.717, 1.165) is 0 Å². The second-order valence-corrected chi connectivity index (χ2v) is 5.40. The van der Waals surface area contributed by atoms with Crippen molar-refractivity contribution in [3.05, 3.63) is 48.2 Å². The van der Waals surface area contributed by atoms with Gasteiger partial charge in [0.25, 0.3) is 0 Å². The third-order valence-corrected chi connectivity index (χ3v) is 2.66. The highest BCUT2D eigenvalue weighted by molar-refractivity contribution is 5.80. The van der Waals surface area contributed by atoms with E-state index in [9.17, 15) is 4.79 Å². The molecule has 0 atom stereocenters. The van der Waals surface area contributed by atoms with Crippen LogP contribution in [0.3, 0.4) is 0 Å². The molecule has 0 unspecified atom stereocenters. The Hall–Kier alpha value is -2.54. The molecule has 0 saturated heterocycles. The maximum absolute atomic E-state index is 12.2. The normalized spacial score (nSPS) is 10.9. The molecule has 0 amide bonds. The zero-order valence-corrected chi connectivity index (χ0v) is 11.8. The Morgan fingerprint density at radius 2 is 1.90 bits per heavy atom. The molecule has 0 spiro atoms. The predicted octanol–water partition coefficient (Wildman–Crippen LogP) is 3.81. The number of carbonyl (C=O) groups excluding carboxylic acids is 1. The number of nitrogens with zero attached hydrogens (tertiary/aromatic N) is 2. The molecule has 0 aliphatic rings. The highest BCUT2D eigenvalue weighted by Gasteiger charge is 2.20. The zero-order chi connectivity index (χ0) is 14.8. The van der Waals surface area contributed by atoms with Crippen molar-refractivity contribution >= 4 is 6.09 Å². The zero-order valence-electron chi connectivity index (χ0n) is 11.8. The van der Waals surface area contributed by atoms with Crippen LogP contribution >= 0.6 is 0 Å². The van der Waals surface area contributed by atoms with Crippen molar-refractivity contribution in [2.75, 3.05) is 0 Å². The van der Waals surface area contributed by atoms with Crippen LogP contribution in [0.15, 0.2) is 42.6 Å². The summed E-state index contributed by atoms with van der Waals surface area (Å²) in [6, 6.07) is 12.9. The van der Waals surface area contributed by atoms with Crippen molar-refractivity contribution in [3.8, 4) is 17.3 Å². The number of carbonyl (C=O) groups is 1. The first kappa shape index (κ1) is 13.9. The molecule has 0 bridgehead atoms. The van der Waals surface area contributed by atoms with Crippen LogP contribution in [0.1, 0.15) is 26.3 Å². The van der Waals surface area contributed by atoms with Crippen molar-refractivity contribution in [3.63, 3.8) is 0 Å². The van der Waals surface area contributed by atoms with Crippen molar-refractivity contribution in [1.82, 2.24) is 4.57 Å². The van der Waals surface area contributed by atoms with E-state index in [4.69, 9.17) is 10.00 Å². The van der Waals surface area contributed by atoms with Gasteiger partial charge in [0, 0.05) is 11.8 Å². The third kappa shape index (κ3) is 2.89. The van der Waals surface area contributed by atoms with Crippen LogP contribution < -0.4 is 0 Å². The lowest BCUT2D eigenvalue weighted by atomic mass is 10.1. The maximum atomic E-state index is 12.2. The molecule has 2 rings (SSSR count). The maximum Gasteiger partial charge on any atom is 0.418 e. The van der Waals surface area contributed by atoms with Gasteiger partial charge in [0.05, 0.1) is 17.3 Å². The lowest BCUT2D eigenvalue weighted by Gasteiger charge is -2.20. The van der Waals surface area contributed by atoms with Gasteiger partial charge >= 0.3 is 6.09 Å². The van der Waals surface area contributed by atoms with Gasteiger partial charge in [-0.15, -0.1) is 0 Å². The Balaban J connectivity index is 2.44. The first-order chi connectivity index (χ1) is 9.42. The average Bonchev–Trinajstić information content (AvgIpc) is 2.85. The summed E-state index contributed by atoms with van der Waals surface area (Å²) >= 11 is 0. The van der Waals surface area contributed by atoms with Crippen molar-refractivity contribution in [1.29, 1.82) is 5.26 Å². The Kier molecular flexibility index (Phi) is 3.62. The number of ether oxygens (including phenoxy) is 1. The average molecular weight is 268 g/mol. The van der Waals surface area contributed by atoms with Gasteiger partial charge in [-0.2, -0.15) is 5.26 Å². The highest BCUT2D eigenvalue weighted by atomic mass is 16.6. The highest BCUT2D eigenvalue weighted by Crippen LogP contribution is 2.24. The molecular weight excluding hydrogens is 252 g/mol. The van der Waals surface area contributed by atoms with E-state index < -0.39 is 11.7 Å². The molecule has 1 aromatic heterocycles. The van der Waals surface area contributed by atoms with Crippen molar-refractivity contribution in [2.24, 2.45) is 0 Å². The monoisotopic (exact) mass is 268 g/mol. The van der Waals surface area contributed by atoms with E-state index >= 15 is 0 Å². The van der Waals surface area contributed by atoms with Crippen molar-refractivity contribution < 1.29 is 9.53 Å². The molecule has 0 saturated carbocycles. The Morgan fingerprint density at radius 1 is 1.20 bits per heavy atom. The lowest BCUT2D eigenvalue weighted by molar-refractivity contribution is 0.0540. The summed E-state index contributed by atoms with van der Waals surface area (Å²) in [5.41, 5.74) is 1.33. The Morgan fingerprint density at radius 3 is 2.55 bits per heavy atom. The molecule has 0 radical (unpaired) electrons. The summed E-state index contributed by atoms with van der Waals surface area (Å²) in [6.45, 7) is 5.45. The van der Waals surface area contributed by atoms with Gasteiger partial charge in [0.1, 0.15) is 5.60 Å². The van der Waals surface area contributed by atoms with E-state index in [1.54, 1.807) is 30.5 Å². The minimum Gasteiger partial charge on any atom is -0.443 e. The largest absolute Gasteiger partial charge is 0.443 e. The van der Waals surface area contributed by atoms with Gasteiger partial charge < -0.3 is 4.74 Å². The van der Waals surface area contributed by atoms with E-state index in [2.05, 4.69) is 6.07 Å². The lowest BCUT2D eigenvalue weighted by Crippen LogP contribution is -2.27. The molecule has 4 nitrogen and oxygen atoms in total. The summed E-state index contributed by atoms with van der Waals surface area (Å²) in [5, 5.41) is 9.16. The summed E-state index contributed by atoms with van der Waals surface area (Å²) in [5.74, 6) is 0. The quantitative estimate of drug-likeness (QED) is 0.790. The van der Waals surface area contributed by atoms with Crippen LogP contribution in [0.4, 0.5) is 4.79 Å². The number of hydrogen-bond donors (Lipinski definition) is 0. The molecule has 1 heterocycles. The number of hydrogen-bond acceptors (Lipinski definition) is 3. The molecule has 20 heavy (non-hydrogen) atoms. The fourth-order valence-electron chi connectivity index (χ4n) is 1.87. The first-order valence-corrected chi connectivity index (χ1v) is 6.32. The summed E-state index contributed by atoms with van der Waals surface area (Å²) in [4.78, 5) is 12.2. The minimum absolute atomic E-state index is 0.453. The van der Waals surface area contributed by atoms with Gasteiger partial charge in [-0.3, -0.25) is 4.57 Å². The molecular formula is C16H16N2O2. The molecule has 2 aromatic rings. The topological polar surface area (TPSA) is 55.0 Å². The summed E-state index contributed by atoms with van der Waals surface area (Å²) < 4.78 is 6.78. The summed E-state index contributed by atoms with van der Waals surface area (Å²) in [7, 11) is 0. The van der Waals surface area contributed by atoms with E-state index in [1.165, 1.54) is 4.57 Å². The molecule has 4 heteroatoms. The molecule has 0 N–H and O–H groups in total. The van der Waals surface area contributed by atoms with E-state index in [1.807, 2.05) is 32.9 Å². The standard InChI is InChI=1S/C16H16N2O2/c1-16(2,3)20-15(19)18-10-6-9-14(18)13-8-5-4-7-12(13)11-17/h4-10H,1-3H3. The fraction of sp³-hybridized carbons (Fsp3) is 0.250. The van der Waals surface area contributed by atoms with E-state index in [-0.39, 0.29) is 0 Å².